The topological polar surface area (TPSA) is 66.0 Å². The third-order valence-corrected chi connectivity index (χ3v) is 5.04. The van der Waals surface area contributed by atoms with E-state index in [1.54, 1.807) is 37.5 Å². The zero-order valence-corrected chi connectivity index (χ0v) is 17.9. The summed E-state index contributed by atoms with van der Waals surface area (Å²) >= 11 is 2.21. The largest absolute Gasteiger partial charge is 0.493 e. The molecule has 0 radical (unpaired) electrons. The monoisotopic (exact) mass is 492 g/mol. The molecule has 29 heavy (non-hydrogen) atoms. The number of ether oxygens (including phenoxy) is 2. The number of hydrogen-bond donors (Lipinski definition) is 0. The summed E-state index contributed by atoms with van der Waals surface area (Å²) in [5.74, 6) is 1.28. The summed E-state index contributed by atoms with van der Waals surface area (Å²) in [4.78, 5) is 0. The highest BCUT2D eigenvalue weighted by Gasteiger charge is 2.12. The van der Waals surface area contributed by atoms with Gasteiger partial charge >= 0.3 is 0 Å². The Morgan fingerprint density at radius 1 is 1.03 bits per heavy atom. The fourth-order valence-electron chi connectivity index (χ4n) is 2.76. The molecular formula is C24H17IN2O2. The number of methoxy groups -OCH3 is 1. The van der Waals surface area contributed by atoms with Crippen molar-refractivity contribution in [1.29, 1.82) is 10.5 Å². The molecule has 0 amide bonds. The third-order valence-electron chi connectivity index (χ3n) is 4.23. The Morgan fingerprint density at radius 2 is 1.76 bits per heavy atom. The van der Waals surface area contributed by atoms with Gasteiger partial charge in [-0.3, -0.25) is 0 Å². The van der Waals surface area contributed by atoms with Gasteiger partial charge in [0.05, 0.1) is 34.0 Å². The van der Waals surface area contributed by atoms with Crippen molar-refractivity contribution in [2.45, 2.75) is 6.61 Å². The van der Waals surface area contributed by atoms with Crippen LogP contribution in [0.25, 0.3) is 11.6 Å². The van der Waals surface area contributed by atoms with Crippen molar-refractivity contribution in [3.63, 3.8) is 0 Å². The molecule has 3 rings (SSSR count). The van der Waals surface area contributed by atoms with Crippen LogP contribution in [0.4, 0.5) is 0 Å². The van der Waals surface area contributed by atoms with Crippen molar-refractivity contribution < 1.29 is 9.47 Å². The fraction of sp³-hybridized carbons (Fsp3) is 0.0833. The van der Waals surface area contributed by atoms with Gasteiger partial charge in [0.2, 0.25) is 0 Å². The van der Waals surface area contributed by atoms with Gasteiger partial charge in [-0.05, 0) is 69.6 Å². The van der Waals surface area contributed by atoms with E-state index in [1.807, 2.05) is 42.5 Å². The minimum absolute atomic E-state index is 0.442. The number of hydrogen-bond acceptors (Lipinski definition) is 4. The molecule has 0 aliphatic heterocycles. The van der Waals surface area contributed by atoms with E-state index < -0.39 is 0 Å². The van der Waals surface area contributed by atoms with E-state index in [-0.39, 0.29) is 0 Å². The molecule has 0 fully saturated rings. The van der Waals surface area contributed by atoms with Crippen molar-refractivity contribution in [2.24, 2.45) is 0 Å². The van der Waals surface area contributed by atoms with Crippen molar-refractivity contribution in [1.82, 2.24) is 0 Å². The third kappa shape index (κ3) is 5.16. The second-order valence-electron chi connectivity index (χ2n) is 6.17. The maximum Gasteiger partial charge on any atom is 0.174 e. The van der Waals surface area contributed by atoms with Crippen LogP contribution in [0.5, 0.6) is 11.5 Å². The molecule has 142 valence electrons. The molecular weight excluding hydrogens is 475 g/mol. The van der Waals surface area contributed by atoms with Crippen molar-refractivity contribution in [3.8, 4) is 23.6 Å². The summed E-state index contributed by atoms with van der Waals surface area (Å²) in [6.07, 6.45) is 1.80. The van der Waals surface area contributed by atoms with Gasteiger partial charge in [0.1, 0.15) is 6.61 Å². The molecule has 0 unspecified atom stereocenters. The summed E-state index contributed by atoms with van der Waals surface area (Å²) in [6.45, 7) is 0.442. The molecule has 0 spiro atoms. The molecule has 5 heteroatoms. The Kier molecular flexibility index (Phi) is 6.89. The van der Waals surface area contributed by atoms with E-state index in [0.717, 1.165) is 20.3 Å². The number of rotatable bonds is 6. The molecule has 0 saturated carbocycles. The SMILES string of the molecule is COc1cc(/C=C(\C#N)c2ccc(C#N)cc2)cc(I)c1OCc1ccccc1. The average molecular weight is 492 g/mol. The minimum atomic E-state index is 0.442. The van der Waals surface area contributed by atoms with Gasteiger partial charge in [-0.1, -0.05) is 42.5 Å². The van der Waals surface area contributed by atoms with Gasteiger partial charge in [0.25, 0.3) is 0 Å². The first-order chi connectivity index (χ1) is 14.1. The van der Waals surface area contributed by atoms with Gasteiger partial charge in [-0.2, -0.15) is 10.5 Å². The maximum absolute atomic E-state index is 9.59. The van der Waals surface area contributed by atoms with Crippen LogP contribution in [-0.2, 0) is 6.61 Å². The zero-order valence-electron chi connectivity index (χ0n) is 15.7. The van der Waals surface area contributed by atoms with E-state index in [0.29, 0.717) is 29.2 Å². The number of nitrogens with zero attached hydrogens (tertiary/aromatic N) is 2. The molecule has 0 heterocycles. The van der Waals surface area contributed by atoms with E-state index in [1.165, 1.54) is 0 Å². The molecule has 0 atom stereocenters. The maximum atomic E-state index is 9.59. The van der Waals surface area contributed by atoms with E-state index in [2.05, 4.69) is 34.7 Å². The van der Waals surface area contributed by atoms with Crippen LogP contribution in [0.15, 0.2) is 66.7 Å². The van der Waals surface area contributed by atoms with E-state index in [4.69, 9.17) is 14.7 Å². The van der Waals surface area contributed by atoms with E-state index in [9.17, 15) is 5.26 Å². The van der Waals surface area contributed by atoms with Crippen LogP contribution in [0.3, 0.4) is 0 Å². The Hall–Kier alpha value is -3.29. The summed E-state index contributed by atoms with van der Waals surface area (Å²) in [5.41, 5.74) is 3.72. The minimum Gasteiger partial charge on any atom is -0.493 e. The fourth-order valence-corrected chi connectivity index (χ4v) is 3.55. The van der Waals surface area contributed by atoms with Gasteiger partial charge in [0, 0.05) is 0 Å². The first kappa shape index (κ1) is 20.4. The molecule has 0 aliphatic carbocycles. The molecule has 0 aliphatic rings. The highest BCUT2D eigenvalue weighted by atomic mass is 127. The Balaban J connectivity index is 1.89. The predicted octanol–water partition coefficient (Wildman–Crippen LogP) is 5.81. The highest BCUT2D eigenvalue weighted by molar-refractivity contribution is 14.1. The number of nitriles is 2. The van der Waals surface area contributed by atoms with E-state index >= 15 is 0 Å². The summed E-state index contributed by atoms with van der Waals surface area (Å²) in [7, 11) is 1.60. The van der Waals surface area contributed by atoms with Crippen LogP contribution < -0.4 is 9.47 Å². The van der Waals surface area contributed by atoms with Crippen LogP contribution in [0.1, 0.15) is 22.3 Å². The van der Waals surface area contributed by atoms with Crippen LogP contribution >= 0.6 is 22.6 Å². The smallest absolute Gasteiger partial charge is 0.174 e. The summed E-state index contributed by atoms with van der Waals surface area (Å²) < 4.78 is 12.4. The number of halogens is 1. The highest BCUT2D eigenvalue weighted by Crippen LogP contribution is 2.35. The van der Waals surface area contributed by atoms with Crippen LogP contribution in [0.2, 0.25) is 0 Å². The predicted molar refractivity (Wildman–Crippen MR) is 121 cm³/mol. The lowest BCUT2D eigenvalue weighted by Crippen LogP contribution is -2.00. The standard InChI is InChI=1S/C24H17IN2O2/c1-28-23-13-19(11-21(15-27)20-9-7-17(14-26)8-10-20)12-22(25)24(23)29-16-18-5-3-2-4-6-18/h2-13H,16H2,1H3/b21-11+. The first-order valence-electron chi connectivity index (χ1n) is 8.81. The molecule has 0 N–H and O–H groups in total. The normalized spacial score (nSPS) is 10.7. The summed E-state index contributed by atoms with van der Waals surface area (Å²) in [5, 5.41) is 18.5. The van der Waals surface area contributed by atoms with Gasteiger partial charge in [0.15, 0.2) is 11.5 Å². The second kappa shape index (κ2) is 9.77. The molecule has 3 aromatic rings. The number of benzene rings is 3. The Labute approximate surface area is 183 Å². The zero-order chi connectivity index (χ0) is 20.6. The lowest BCUT2D eigenvalue weighted by Gasteiger charge is -2.14. The van der Waals surface area contributed by atoms with Crippen LogP contribution in [0, 0.1) is 26.2 Å². The second-order valence-corrected chi connectivity index (χ2v) is 7.33. The molecule has 0 bridgehead atoms. The summed E-state index contributed by atoms with van der Waals surface area (Å²) in [6, 6.07) is 25.0. The average Bonchev–Trinajstić information content (AvgIpc) is 2.77. The lowest BCUT2D eigenvalue weighted by molar-refractivity contribution is 0.282. The Morgan fingerprint density at radius 3 is 2.38 bits per heavy atom. The number of allylic oxidation sites excluding steroid dienone is 1. The molecule has 4 nitrogen and oxygen atoms in total. The lowest BCUT2D eigenvalue weighted by atomic mass is 10.0. The van der Waals surface area contributed by atoms with Gasteiger partial charge in [-0.15, -0.1) is 0 Å². The van der Waals surface area contributed by atoms with Gasteiger partial charge < -0.3 is 9.47 Å². The van der Waals surface area contributed by atoms with Crippen molar-refractivity contribution in [2.75, 3.05) is 7.11 Å². The van der Waals surface area contributed by atoms with Crippen LogP contribution in [-0.4, -0.2) is 7.11 Å². The van der Waals surface area contributed by atoms with Gasteiger partial charge in [-0.25, -0.2) is 0 Å². The molecule has 0 aromatic heterocycles. The van der Waals surface area contributed by atoms with Crippen molar-refractivity contribution >= 4 is 34.2 Å². The molecule has 0 saturated heterocycles. The Bertz CT molecular complexity index is 1110. The molecule has 3 aromatic carbocycles. The first-order valence-corrected chi connectivity index (χ1v) is 9.89. The quantitative estimate of drug-likeness (QED) is 0.247. The van der Waals surface area contributed by atoms with Crippen molar-refractivity contribution in [3.05, 3.63) is 92.6 Å².